The maximum absolute atomic E-state index is 13.5. The molecule has 1 N–H and O–H groups in total. The summed E-state index contributed by atoms with van der Waals surface area (Å²) in [6, 6.07) is 28.8. The molecule has 0 heterocycles. The minimum Gasteiger partial charge on any atom is -0.321 e. The molecule has 4 aromatic rings. The number of carbonyl (C=O) groups excluding carboxylic acids is 3. The first-order valence-corrected chi connectivity index (χ1v) is 10.9. The van der Waals surface area contributed by atoms with Gasteiger partial charge in [-0.3, -0.25) is 14.4 Å². The molecule has 0 fully saturated rings. The number of rotatable bonds is 4. The van der Waals surface area contributed by atoms with Crippen molar-refractivity contribution in [2.24, 2.45) is 0 Å². The Morgan fingerprint density at radius 1 is 0.625 bits per heavy atom. The minimum absolute atomic E-state index is 0.218. The maximum Gasteiger partial charge on any atom is 0.255 e. The molecular weight excluding hydrogens is 418 g/mol. The normalized spacial score (nSPS) is 12.1. The van der Waals surface area contributed by atoms with Crippen molar-refractivity contribution in [1.82, 2.24) is 0 Å². The van der Waals surface area contributed by atoms with Crippen LogP contribution in [0.15, 0.2) is 107 Å². The van der Waals surface area contributed by atoms with Gasteiger partial charge in [0.1, 0.15) is 0 Å². The van der Waals surface area contributed by atoms with Crippen molar-refractivity contribution in [2.45, 2.75) is 9.79 Å². The second kappa shape index (κ2) is 8.29. The number of ketones is 2. The van der Waals surface area contributed by atoms with Crippen LogP contribution in [0.1, 0.15) is 42.2 Å². The number of benzene rings is 4. The van der Waals surface area contributed by atoms with E-state index in [1.54, 1.807) is 54.6 Å². The highest BCUT2D eigenvalue weighted by Gasteiger charge is 2.34. The van der Waals surface area contributed by atoms with Crippen molar-refractivity contribution in [3.05, 3.63) is 125 Å². The molecule has 0 saturated carbocycles. The fourth-order valence-corrected chi connectivity index (χ4v) is 4.80. The number of amides is 1. The highest BCUT2D eigenvalue weighted by Crippen LogP contribution is 2.39. The Morgan fingerprint density at radius 2 is 1.22 bits per heavy atom. The van der Waals surface area contributed by atoms with E-state index in [0.29, 0.717) is 27.9 Å². The summed E-state index contributed by atoms with van der Waals surface area (Å²) in [7, 11) is 0. The number of fused-ring (bicyclic) bond motifs is 2. The van der Waals surface area contributed by atoms with E-state index in [2.05, 4.69) is 5.32 Å². The monoisotopic (exact) mass is 435 g/mol. The van der Waals surface area contributed by atoms with Crippen LogP contribution in [0.25, 0.3) is 0 Å². The second-order valence-electron chi connectivity index (χ2n) is 7.30. The van der Waals surface area contributed by atoms with Gasteiger partial charge >= 0.3 is 0 Å². The standard InChI is InChI=1S/C27H17NO3S/c29-25-20-14-8-16-22(32-18-11-5-2-6-12-18)24(20)26(30)19-13-7-15-21(23(19)25)28-27(31)17-9-3-1-4-10-17/h1-16H,(H,28,31). The number of hydrogen-bond acceptors (Lipinski definition) is 4. The minimum atomic E-state index is -0.335. The van der Waals surface area contributed by atoms with Gasteiger partial charge in [0.25, 0.3) is 5.91 Å². The zero-order valence-electron chi connectivity index (χ0n) is 16.9. The first-order chi connectivity index (χ1) is 15.6. The molecule has 0 spiro atoms. The van der Waals surface area contributed by atoms with Crippen molar-refractivity contribution in [3.8, 4) is 0 Å². The predicted molar refractivity (Wildman–Crippen MR) is 125 cm³/mol. The van der Waals surface area contributed by atoms with Crippen LogP contribution < -0.4 is 5.32 Å². The molecule has 0 radical (unpaired) electrons. The molecule has 0 atom stereocenters. The summed E-state index contributed by atoms with van der Waals surface area (Å²) in [5.74, 6) is -0.822. The van der Waals surface area contributed by atoms with E-state index in [1.165, 1.54) is 11.8 Å². The molecule has 4 nitrogen and oxygen atoms in total. The lowest BCUT2D eigenvalue weighted by molar-refractivity contribution is 0.0976. The number of nitrogens with one attached hydrogen (secondary N) is 1. The lowest BCUT2D eigenvalue weighted by atomic mass is 9.83. The molecule has 1 aliphatic carbocycles. The molecule has 0 aromatic heterocycles. The van der Waals surface area contributed by atoms with Gasteiger partial charge in [-0.2, -0.15) is 0 Å². The summed E-state index contributed by atoms with van der Waals surface area (Å²) in [5.41, 5.74) is 2.10. The van der Waals surface area contributed by atoms with Gasteiger partial charge in [0.05, 0.1) is 11.3 Å². The molecule has 5 heteroatoms. The van der Waals surface area contributed by atoms with Crippen molar-refractivity contribution < 1.29 is 14.4 Å². The van der Waals surface area contributed by atoms with Crippen LogP contribution >= 0.6 is 11.8 Å². The predicted octanol–water partition coefficient (Wildman–Crippen LogP) is 5.87. The summed E-state index contributed by atoms with van der Waals surface area (Å²) >= 11 is 1.45. The topological polar surface area (TPSA) is 63.2 Å². The Kier molecular flexibility index (Phi) is 5.17. The van der Waals surface area contributed by atoms with Gasteiger partial charge in [-0.05, 0) is 36.4 Å². The van der Waals surface area contributed by atoms with Gasteiger partial charge < -0.3 is 5.32 Å². The average Bonchev–Trinajstić information content (AvgIpc) is 2.83. The molecule has 4 aromatic carbocycles. The molecule has 0 unspecified atom stereocenters. The molecule has 5 rings (SSSR count). The Balaban J connectivity index is 1.55. The summed E-state index contributed by atoms with van der Waals surface area (Å²) < 4.78 is 0. The van der Waals surface area contributed by atoms with Crippen molar-refractivity contribution in [2.75, 3.05) is 5.32 Å². The molecule has 154 valence electrons. The SMILES string of the molecule is O=C(Nc1cccc2c1C(=O)c1cccc(Sc3ccccc3)c1C2=O)c1ccccc1. The number of hydrogen-bond donors (Lipinski definition) is 1. The average molecular weight is 436 g/mol. The highest BCUT2D eigenvalue weighted by molar-refractivity contribution is 7.99. The van der Waals surface area contributed by atoms with Crippen LogP contribution in [0.2, 0.25) is 0 Å². The van der Waals surface area contributed by atoms with Gasteiger partial charge in [0.2, 0.25) is 0 Å². The summed E-state index contributed by atoms with van der Waals surface area (Å²) in [4.78, 5) is 41.4. The number of anilines is 1. The fraction of sp³-hybridized carbons (Fsp3) is 0. The second-order valence-corrected chi connectivity index (χ2v) is 8.42. The van der Waals surface area contributed by atoms with E-state index in [9.17, 15) is 14.4 Å². The van der Waals surface area contributed by atoms with Crippen LogP contribution in [0.5, 0.6) is 0 Å². The fourth-order valence-electron chi connectivity index (χ4n) is 3.80. The first-order valence-electron chi connectivity index (χ1n) is 10.1. The van der Waals surface area contributed by atoms with Crippen LogP contribution in [-0.4, -0.2) is 17.5 Å². The van der Waals surface area contributed by atoms with E-state index in [4.69, 9.17) is 0 Å². The van der Waals surface area contributed by atoms with Crippen LogP contribution in [0.4, 0.5) is 5.69 Å². The van der Waals surface area contributed by atoms with E-state index in [0.717, 1.165) is 9.79 Å². The van der Waals surface area contributed by atoms with Crippen LogP contribution in [0.3, 0.4) is 0 Å². The smallest absolute Gasteiger partial charge is 0.255 e. The third-order valence-corrected chi connectivity index (χ3v) is 6.36. The van der Waals surface area contributed by atoms with Crippen molar-refractivity contribution in [1.29, 1.82) is 0 Å². The van der Waals surface area contributed by atoms with Gasteiger partial charge in [-0.15, -0.1) is 0 Å². The van der Waals surface area contributed by atoms with Gasteiger partial charge in [0.15, 0.2) is 11.6 Å². The third-order valence-electron chi connectivity index (χ3n) is 5.29. The molecule has 32 heavy (non-hydrogen) atoms. The summed E-state index contributed by atoms with van der Waals surface area (Å²) in [5, 5.41) is 2.81. The Labute approximate surface area is 189 Å². The van der Waals surface area contributed by atoms with Gasteiger partial charge in [-0.25, -0.2) is 0 Å². The van der Waals surface area contributed by atoms with Gasteiger partial charge in [-0.1, -0.05) is 72.4 Å². The Bertz CT molecular complexity index is 1360. The van der Waals surface area contributed by atoms with E-state index < -0.39 is 0 Å². The van der Waals surface area contributed by atoms with Crippen LogP contribution in [-0.2, 0) is 0 Å². The molecule has 0 aliphatic heterocycles. The zero-order chi connectivity index (χ0) is 22.1. The van der Waals surface area contributed by atoms with Crippen molar-refractivity contribution >= 4 is 34.9 Å². The lowest BCUT2D eigenvalue weighted by Crippen LogP contribution is -2.24. The quantitative estimate of drug-likeness (QED) is 0.384. The van der Waals surface area contributed by atoms with E-state index in [1.807, 2.05) is 42.5 Å². The molecule has 1 amide bonds. The molecule has 0 saturated heterocycles. The van der Waals surface area contributed by atoms with Crippen LogP contribution in [0, 0.1) is 0 Å². The summed E-state index contributed by atoms with van der Waals surface area (Å²) in [6.07, 6.45) is 0. The van der Waals surface area contributed by atoms with E-state index in [-0.39, 0.29) is 23.0 Å². The summed E-state index contributed by atoms with van der Waals surface area (Å²) in [6.45, 7) is 0. The molecule has 0 bridgehead atoms. The molecular formula is C27H17NO3S. The largest absolute Gasteiger partial charge is 0.321 e. The zero-order valence-corrected chi connectivity index (χ0v) is 17.7. The Morgan fingerprint density at radius 3 is 1.94 bits per heavy atom. The highest BCUT2D eigenvalue weighted by atomic mass is 32.2. The van der Waals surface area contributed by atoms with Crippen molar-refractivity contribution in [3.63, 3.8) is 0 Å². The first kappa shape index (κ1) is 20.0. The molecule has 1 aliphatic rings. The number of carbonyl (C=O) groups is 3. The maximum atomic E-state index is 13.5. The third kappa shape index (κ3) is 3.53. The van der Waals surface area contributed by atoms with E-state index >= 15 is 0 Å². The van der Waals surface area contributed by atoms with Gasteiger partial charge in [0, 0.05) is 32.0 Å². The Hall–Kier alpha value is -3.96. The lowest BCUT2D eigenvalue weighted by Gasteiger charge is -2.22.